The Morgan fingerprint density at radius 1 is 0.875 bits per heavy atom. The molecule has 0 bridgehead atoms. The third-order valence-electron chi connectivity index (χ3n) is 7.29. The minimum atomic E-state index is -3.98. The molecule has 4 rings (SSSR count). The maximum Gasteiger partial charge on any atom is 0.257 e. The molecule has 1 aliphatic heterocycles. The van der Waals surface area contributed by atoms with E-state index in [9.17, 15) is 26.7 Å². The molecule has 2 aliphatic rings. The van der Waals surface area contributed by atoms with Gasteiger partial charge in [-0.3, -0.25) is 4.79 Å². The zero-order chi connectivity index (χ0) is 29.6. The third-order valence-corrected chi connectivity index (χ3v) is 10.7. The Kier molecular flexibility index (Phi) is 8.16. The Bertz CT molecular complexity index is 1480. The van der Waals surface area contributed by atoms with Gasteiger partial charge in [0.1, 0.15) is 0 Å². The van der Waals surface area contributed by atoms with Crippen molar-refractivity contribution in [3.63, 3.8) is 0 Å². The van der Waals surface area contributed by atoms with Gasteiger partial charge in [-0.1, -0.05) is 6.07 Å². The maximum atomic E-state index is 13.5. The highest BCUT2D eigenvalue weighted by molar-refractivity contribution is 7.89. The number of aliphatic hydroxyl groups excluding tert-OH is 1. The van der Waals surface area contributed by atoms with Gasteiger partial charge in [-0.15, -0.1) is 0 Å². The number of hydrogen-bond acceptors (Lipinski definition) is 7. The Morgan fingerprint density at radius 3 is 2.05 bits per heavy atom. The lowest BCUT2D eigenvalue weighted by Crippen LogP contribution is -2.46. The normalized spacial score (nSPS) is 17.6. The number of carbonyl (C=O) groups is 1. The van der Waals surface area contributed by atoms with Crippen molar-refractivity contribution in [3.8, 4) is 0 Å². The van der Waals surface area contributed by atoms with Crippen LogP contribution in [0.3, 0.4) is 0 Å². The van der Waals surface area contributed by atoms with Gasteiger partial charge in [-0.2, -0.15) is 0 Å². The number of rotatable bonds is 9. The highest BCUT2D eigenvalue weighted by Crippen LogP contribution is 2.54. The van der Waals surface area contributed by atoms with Crippen LogP contribution in [0.1, 0.15) is 70.7 Å². The molecule has 0 atom stereocenters. The van der Waals surface area contributed by atoms with Crippen molar-refractivity contribution in [3.05, 3.63) is 48.0 Å². The largest absolute Gasteiger partial charge is 0.394 e. The smallest absolute Gasteiger partial charge is 0.257 e. The summed E-state index contributed by atoms with van der Waals surface area (Å²) < 4.78 is 57.1. The molecule has 0 radical (unpaired) electrons. The van der Waals surface area contributed by atoms with E-state index >= 15 is 0 Å². The van der Waals surface area contributed by atoms with Crippen LogP contribution in [0.2, 0.25) is 0 Å². The predicted octanol–water partition coefficient (Wildman–Crippen LogP) is 3.45. The average Bonchev–Trinajstić information content (AvgIpc) is 3.61. The van der Waals surface area contributed by atoms with Crippen LogP contribution in [0, 0.1) is 5.41 Å². The van der Waals surface area contributed by atoms with Gasteiger partial charge in [0, 0.05) is 24.3 Å². The molecule has 1 saturated carbocycles. The molecule has 40 heavy (non-hydrogen) atoms. The molecule has 1 spiro atoms. The standard InChI is InChI=1S/C28H40N4O6S2/c1-26(2,3)30-39(35,36)21-8-6-7-20(17-21)29-25(34)23-10-9-22(40(37,38)31-27(4,5)19-33)18-24(23)32-15-13-28(11-12-28)14-16-32/h6-10,17-18,30-31,33H,11-16,19H2,1-5H3,(H,29,34). The number of hydrogen-bond donors (Lipinski definition) is 4. The lowest BCUT2D eigenvalue weighted by molar-refractivity contribution is 0.102. The highest BCUT2D eigenvalue weighted by Gasteiger charge is 2.44. The topological polar surface area (TPSA) is 145 Å². The number of aliphatic hydroxyl groups is 1. The number of sulfonamides is 2. The Balaban J connectivity index is 1.65. The molecule has 2 aromatic rings. The van der Waals surface area contributed by atoms with E-state index in [0.29, 0.717) is 29.9 Å². The van der Waals surface area contributed by atoms with Gasteiger partial charge >= 0.3 is 0 Å². The average molecular weight is 593 g/mol. The second-order valence-electron chi connectivity index (χ2n) is 12.7. The molecule has 0 aromatic heterocycles. The first-order valence-electron chi connectivity index (χ1n) is 13.4. The van der Waals surface area contributed by atoms with Gasteiger partial charge in [-0.25, -0.2) is 26.3 Å². The van der Waals surface area contributed by atoms with E-state index in [1.807, 2.05) is 4.90 Å². The second-order valence-corrected chi connectivity index (χ2v) is 16.0. The lowest BCUT2D eigenvalue weighted by atomic mass is 9.93. The fraction of sp³-hybridized carbons (Fsp3) is 0.536. The number of piperidine rings is 1. The molecule has 1 heterocycles. The van der Waals surface area contributed by atoms with Crippen molar-refractivity contribution in [1.29, 1.82) is 0 Å². The minimum absolute atomic E-state index is 0.00590. The summed E-state index contributed by atoms with van der Waals surface area (Å²) in [6.45, 7) is 9.41. The summed E-state index contributed by atoms with van der Waals surface area (Å²) in [5.41, 5.74) is -0.284. The maximum absolute atomic E-state index is 13.5. The minimum Gasteiger partial charge on any atom is -0.394 e. The monoisotopic (exact) mass is 592 g/mol. The van der Waals surface area contributed by atoms with Crippen LogP contribution < -0.4 is 19.7 Å². The van der Waals surface area contributed by atoms with Crippen molar-refractivity contribution < 1.29 is 26.7 Å². The fourth-order valence-electron chi connectivity index (χ4n) is 4.89. The molecule has 2 aromatic carbocycles. The van der Waals surface area contributed by atoms with Crippen LogP contribution >= 0.6 is 0 Å². The zero-order valence-electron chi connectivity index (χ0n) is 23.7. The molecule has 12 heteroatoms. The summed E-state index contributed by atoms with van der Waals surface area (Å²) in [4.78, 5) is 15.6. The quantitative estimate of drug-likeness (QED) is 0.349. The summed E-state index contributed by atoms with van der Waals surface area (Å²) >= 11 is 0. The first-order valence-corrected chi connectivity index (χ1v) is 16.4. The lowest BCUT2D eigenvalue weighted by Gasteiger charge is -2.35. The summed E-state index contributed by atoms with van der Waals surface area (Å²) in [7, 11) is -7.79. The molecule has 4 N–H and O–H groups in total. The van der Waals surface area contributed by atoms with Crippen LogP contribution in [0.4, 0.5) is 11.4 Å². The van der Waals surface area contributed by atoms with Crippen LogP contribution in [0.5, 0.6) is 0 Å². The summed E-state index contributed by atoms with van der Waals surface area (Å²) in [5.74, 6) is -0.479. The predicted molar refractivity (Wildman–Crippen MR) is 156 cm³/mol. The molecule has 1 aliphatic carbocycles. The Labute approximate surface area is 237 Å². The third kappa shape index (κ3) is 7.22. The summed E-state index contributed by atoms with van der Waals surface area (Å²) in [6.07, 6.45) is 4.35. The first-order chi connectivity index (χ1) is 18.4. The number of benzene rings is 2. The van der Waals surface area contributed by atoms with Crippen LogP contribution in [0.25, 0.3) is 0 Å². The number of carbonyl (C=O) groups excluding carboxylic acids is 1. The first kappa shape index (κ1) is 30.4. The number of nitrogens with one attached hydrogen (secondary N) is 3. The van der Waals surface area contributed by atoms with E-state index in [-0.39, 0.29) is 22.0 Å². The van der Waals surface area contributed by atoms with E-state index in [1.54, 1.807) is 46.8 Å². The van der Waals surface area contributed by atoms with Gasteiger partial charge in [0.05, 0.1) is 33.2 Å². The van der Waals surface area contributed by atoms with Crippen LogP contribution in [-0.4, -0.2) is 58.6 Å². The molecule has 1 saturated heterocycles. The van der Waals surface area contributed by atoms with E-state index in [2.05, 4.69) is 14.8 Å². The molecule has 220 valence electrons. The fourth-order valence-corrected chi connectivity index (χ4v) is 7.78. The molecule has 2 fully saturated rings. The molecule has 10 nitrogen and oxygen atoms in total. The van der Waals surface area contributed by atoms with Gasteiger partial charge in [0.2, 0.25) is 20.0 Å². The summed E-state index contributed by atoms with van der Waals surface area (Å²) in [5, 5.41) is 12.4. The Hall–Kier alpha value is -2.51. The van der Waals surface area contributed by atoms with Gasteiger partial charge in [-0.05, 0) is 102 Å². The van der Waals surface area contributed by atoms with Crippen molar-refractivity contribution in [1.82, 2.24) is 9.44 Å². The van der Waals surface area contributed by atoms with Gasteiger partial charge < -0.3 is 15.3 Å². The van der Waals surface area contributed by atoms with Crippen LogP contribution in [-0.2, 0) is 20.0 Å². The van der Waals surface area contributed by atoms with E-state index in [0.717, 1.165) is 12.8 Å². The van der Waals surface area contributed by atoms with E-state index in [4.69, 9.17) is 0 Å². The molecular weight excluding hydrogens is 552 g/mol. The van der Waals surface area contributed by atoms with Gasteiger partial charge in [0.15, 0.2) is 0 Å². The van der Waals surface area contributed by atoms with Crippen molar-refractivity contribution in [2.75, 3.05) is 29.9 Å². The van der Waals surface area contributed by atoms with Crippen molar-refractivity contribution in [2.45, 2.75) is 81.2 Å². The number of amides is 1. The second kappa shape index (κ2) is 10.7. The van der Waals surface area contributed by atoms with E-state index < -0.39 is 37.0 Å². The van der Waals surface area contributed by atoms with Crippen molar-refractivity contribution in [2.24, 2.45) is 5.41 Å². The molecular formula is C28H40N4O6S2. The van der Waals surface area contributed by atoms with E-state index in [1.165, 1.54) is 43.2 Å². The summed E-state index contributed by atoms with van der Waals surface area (Å²) in [6, 6.07) is 10.4. The zero-order valence-corrected chi connectivity index (χ0v) is 25.4. The highest BCUT2D eigenvalue weighted by atomic mass is 32.2. The number of anilines is 2. The molecule has 1 amide bonds. The SMILES string of the molecule is CC(C)(C)NS(=O)(=O)c1cccc(NC(=O)c2ccc(S(=O)(=O)NC(C)(C)CO)cc2N2CCC3(CC2)CC3)c1. The van der Waals surface area contributed by atoms with Crippen LogP contribution in [0.15, 0.2) is 52.3 Å². The van der Waals surface area contributed by atoms with Gasteiger partial charge in [0.25, 0.3) is 5.91 Å². The van der Waals surface area contributed by atoms with Crippen molar-refractivity contribution >= 4 is 37.3 Å². The number of nitrogens with zero attached hydrogens (tertiary/aromatic N) is 1. The molecule has 0 unspecified atom stereocenters. The Morgan fingerprint density at radius 2 is 1.48 bits per heavy atom.